The lowest BCUT2D eigenvalue weighted by Gasteiger charge is -2.19. The van der Waals surface area contributed by atoms with Gasteiger partial charge in [-0.25, -0.2) is 4.57 Å². The van der Waals surface area contributed by atoms with Crippen LogP contribution in [0.1, 0.15) is 296 Å². The number of rotatable bonds is 58. The van der Waals surface area contributed by atoms with Crippen LogP contribution in [0.15, 0.2) is 60.8 Å². The van der Waals surface area contributed by atoms with Crippen LogP contribution < -0.4 is 5.73 Å². The van der Waals surface area contributed by atoms with E-state index in [9.17, 15) is 19.0 Å². The van der Waals surface area contributed by atoms with Gasteiger partial charge in [-0.3, -0.25) is 18.6 Å². The summed E-state index contributed by atoms with van der Waals surface area (Å²) < 4.78 is 33.1. The quantitative estimate of drug-likeness (QED) is 0.0264. The number of phosphoric ester groups is 1. The van der Waals surface area contributed by atoms with Crippen molar-refractivity contribution in [2.45, 2.75) is 302 Å². The fourth-order valence-electron chi connectivity index (χ4n) is 8.90. The van der Waals surface area contributed by atoms with Gasteiger partial charge < -0.3 is 20.1 Å². The summed E-state index contributed by atoms with van der Waals surface area (Å²) in [5.74, 6) is -0.830. The first-order valence-corrected chi connectivity index (χ1v) is 32.3. The highest BCUT2D eigenvalue weighted by atomic mass is 31.2. The minimum atomic E-state index is -4.39. The molecule has 0 spiro atoms. The Morgan fingerprint density at radius 3 is 1.12 bits per heavy atom. The van der Waals surface area contributed by atoms with E-state index in [4.69, 9.17) is 24.3 Å². The number of ether oxygens (including phenoxy) is 2. The summed E-state index contributed by atoms with van der Waals surface area (Å²) in [6.07, 6.45) is 74.4. The average Bonchev–Trinajstić information content (AvgIpc) is 3.38. The van der Waals surface area contributed by atoms with Crippen molar-refractivity contribution in [1.29, 1.82) is 0 Å². The number of hydrogen-bond acceptors (Lipinski definition) is 8. The van der Waals surface area contributed by atoms with Gasteiger partial charge in [0.05, 0.1) is 13.2 Å². The van der Waals surface area contributed by atoms with E-state index in [2.05, 4.69) is 74.6 Å². The van der Waals surface area contributed by atoms with E-state index in [1.165, 1.54) is 186 Å². The highest BCUT2D eigenvalue weighted by molar-refractivity contribution is 7.47. The first-order chi connectivity index (χ1) is 35.8. The Bertz CT molecular complexity index is 1380. The van der Waals surface area contributed by atoms with E-state index in [0.717, 1.165) is 77.0 Å². The third-order valence-electron chi connectivity index (χ3n) is 13.4. The second kappa shape index (κ2) is 59.0. The molecule has 0 saturated heterocycles. The number of carbonyl (C=O) groups excluding carboxylic acids is 2. The Morgan fingerprint density at radius 1 is 0.425 bits per heavy atom. The molecule has 0 bridgehead atoms. The molecule has 0 radical (unpaired) electrons. The van der Waals surface area contributed by atoms with Crippen LogP contribution in [0.2, 0.25) is 0 Å². The van der Waals surface area contributed by atoms with E-state index < -0.39 is 26.5 Å². The summed E-state index contributed by atoms with van der Waals surface area (Å²) in [6, 6.07) is 0. The molecule has 0 aliphatic heterocycles. The van der Waals surface area contributed by atoms with Crippen LogP contribution in [0.3, 0.4) is 0 Å². The van der Waals surface area contributed by atoms with Crippen molar-refractivity contribution in [2.24, 2.45) is 5.73 Å². The molecule has 9 nitrogen and oxygen atoms in total. The Balaban J connectivity index is 3.92. The summed E-state index contributed by atoms with van der Waals surface area (Å²) in [5, 5.41) is 0. The smallest absolute Gasteiger partial charge is 0.462 e. The second-order valence-electron chi connectivity index (χ2n) is 20.6. The number of nitrogens with two attached hydrogens (primary N) is 1. The van der Waals surface area contributed by atoms with Crippen molar-refractivity contribution >= 4 is 19.8 Å². The molecular formula is C63H116NO8P. The van der Waals surface area contributed by atoms with Crippen molar-refractivity contribution in [2.75, 3.05) is 26.4 Å². The normalized spacial score (nSPS) is 13.4. The van der Waals surface area contributed by atoms with Crippen molar-refractivity contribution in [3.63, 3.8) is 0 Å². The fraction of sp³-hybridized carbons (Fsp3) is 0.810. The molecule has 0 aromatic heterocycles. The largest absolute Gasteiger partial charge is 0.472 e. The number of unbranched alkanes of at least 4 members (excludes halogenated alkanes) is 35. The lowest BCUT2D eigenvalue weighted by atomic mass is 10.0. The van der Waals surface area contributed by atoms with Gasteiger partial charge in [0.25, 0.3) is 0 Å². The third-order valence-corrected chi connectivity index (χ3v) is 14.4. The van der Waals surface area contributed by atoms with Crippen molar-refractivity contribution in [3.05, 3.63) is 60.8 Å². The van der Waals surface area contributed by atoms with Gasteiger partial charge in [0.1, 0.15) is 6.61 Å². The van der Waals surface area contributed by atoms with E-state index in [1.54, 1.807) is 0 Å². The van der Waals surface area contributed by atoms with E-state index in [-0.39, 0.29) is 38.6 Å². The number of hydrogen-bond donors (Lipinski definition) is 2. The maximum Gasteiger partial charge on any atom is 0.472 e. The third kappa shape index (κ3) is 58.8. The first kappa shape index (κ1) is 70.7. The van der Waals surface area contributed by atoms with Gasteiger partial charge >= 0.3 is 19.8 Å². The Hall–Kier alpha value is -2.29. The number of esters is 2. The maximum absolute atomic E-state index is 12.7. The number of carbonyl (C=O) groups is 2. The second-order valence-corrected chi connectivity index (χ2v) is 22.0. The lowest BCUT2D eigenvalue weighted by Crippen LogP contribution is -2.29. The van der Waals surface area contributed by atoms with Gasteiger partial charge in [-0.1, -0.05) is 286 Å². The molecule has 0 aliphatic rings. The molecule has 2 atom stereocenters. The van der Waals surface area contributed by atoms with Crippen LogP contribution in [0.25, 0.3) is 0 Å². The van der Waals surface area contributed by atoms with Crippen molar-refractivity contribution in [1.82, 2.24) is 0 Å². The predicted molar refractivity (Wildman–Crippen MR) is 312 cm³/mol. The van der Waals surface area contributed by atoms with Crippen LogP contribution >= 0.6 is 7.82 Å². The molecule has 0 aliphatic carbocycles. The minimum Gasteiger partial charge on any atom is -0.462 e. The lowest BCUT2D eigenvalue weighted by molar-refractivity contribution is -0.161. The molecule has 2 unspecified atom stereocenters. The van der Waals surface area contributed by atoms with Gasteiger partial charge in [0.2, 0.25) is 0 Å². The number of allylic oxidation sites excluding steroid dienone is 10. The van der Waals surface area contributed by atoms with E-state index in [0.29, 0.717) is 6.42 Å². The van der Waals surface area contributed by atoms with Crippen molar-refractivity contribution in [3.8, 4) is 0 Å². The van der Waals surface area contributed by atoms with Gasteiger partial charge in [-0.2, -0.15) is 0 Å². The zero-order valence-corrected chi connectivity index (χ0v) is 48.5. The molecule has 0 fully saturated rings. The van der Waals surface area contributed by atoms with E-state index >= 15 is 0 Å². The molecule has 0 aromatic rings. The highest BCUT2D eigenvalue weighted by Gasteiger charge is 2.26. The minimum absolute atomic E-state index is 0.0503. The molecule has 0 rings (SSSR count). The topological polar surface area (TPSA) is 134 Å². The zero-order chi connectivity index (χ0) is 53.1. The van der Waals surface area contributed by atoms with Crippen LogP contribution in [0.5, 0.6) is 0 Å². The fourth-order valence-corrected chi connectivity index (χ4v) is 9.67. The van der Waals surface area contributed by atoms with Crippen LogP contribution in [0, 0.1) is 0 Å². The zero-order valence-electron chi connectivity index (χ0n) is 47.6. The molecule has 0 heterocycles. The van der Waals surface area contributed by atoms with E-state index in [1.807, 2.05) is 0 Å². The Kier molecular flexibility index (Phi) is 57.1. The molecule has 10 heteroatoms. The monoisotopic (exact) mass is 1050 g/mol. The molecule has 426 valence electrons. The van der Waals surface area contributed by atoms with Crippen LogP contribution in [-0.2, 0) is 32.7 Å². The molecule has 3 N–H and O–H groups in total. The predicted octanol–water partition coefficient (Wildman–Crippen LogP) is 19.5. The summed E-state index contributed by atoms with van der Waals surface area (Å²) in [4.78, 5) is 35.2. The summed E-state index contributed by atoms with van der Waals surface area (Å²) >= 11 is 0. The first-order valence-electron chi connectivity index (χ1n) is 30.8. The summed E-state index contributed by atoms with van der Waals surface area (Å²) in [5.41, 5.74) is 5.39. The maximum atomic E-state index is 12.7. The van der Waals surface area contributed by atoms with Crippen LogP contribution in [-0.4, -0.2) is 49.3 Å². The molecule has 0 saturated carbocycles. The van der Waals surface area contributed by atoms with Gasteiger partial charge in [-0.05, 0) is 57.8 Å². The van der Waals surface area contributed by atoms with Gasteiger partial charge in [0, 0.05) is 19.4 Å². The summed E-state index contributed by atoms with van der Waals surface area (Å²) in [7, 11) is -4.39. The molecule has 0 amide bonds. The Labute approximate surface area is 450 Å². The molecular weight excluding hydrogens is 930 g/mol. The standard InChI is InChI=1S/C63H116NO8P/c1-3-5-7-9-11-13-15-17-19-21-23-25-27-28-29-30-31-32-34-35-37-39-41-43-45-47-49-51-53-55-62(65)69-59-61(60-71-73(67,68)70-58-57-64)72-63(66)56-54-52-50-48-46-44-42-40-38-36-33-26-24-22-20-18-16-14-12-10-8-6-4-2/h6,8,12,14,18,20,24,26,36,38,61H,3-5,7,9-11,13,15-17,19,21-23,25,27-35,37,39-60,64H2,1-2H3,(H,67,68)/b8-6-,14-12-,20-18-,26-24-,38-36-. The van der Waals surface area contributed by atoms with Crippen molar-refractivity contribution < 1.29 is 37.6 Å². The highest BCUT2D eigenvalue weighted by Crippen LogP contribution is 2.43. The Morgan fingerprint density at radius 2 is 0.753 bits per heavy atom. The van der Waals surface area contributed by atoms with Gasteiger partial charge in [-0.15, -0.1) is 0 Å². The molecule has 73 heavy (non-hydrogen) atoms. The number of phosphoric acid groups is 1. The van der Waals surface area contributed by atoms with Gasteiger partial charge in [0.15, 0.2) is 6.10 Å². The SMILES string of the molecule is CC/C=C\C/C=C\C/C=C\C/C=C\C/C=C\CCCCCCCCCC(=O)OC(COC(=O)CCCCCCCCCCCCCCCCCCCCCCCCCCCCCCC)COP(=O)(O)OCCN. The summed E-state index contributed by atoms with van der Waals surface area (Å²) in [6.45, 7) is 3.66. The average molecular weight is 1050 g/mol. The molecule has 0 aromatic carbocycles. The van der Waals surface area contributed by atoms with Crippen LogP contribution in [0.4, 0.5) is 0 Å².